The average Bonchev–Trinajstić information content (AvgIpc) is 2.38. The van der Waals surface area contributed by atoms with Crippen LogP contribution in [0.2, 0.25) is 0 Å². The van der Waals surface area contributed by atoms with Crippen molar-refractivity contribution in [3.8, 4) is 0 Å². The van der Waals surface area contributed by atoms with Crippen molar-refractivity contribution in [3.63, 3.8) is 0 Å². The standard InChI is InChI=1S/C16H13ClO/c17-15-7-3-5-11-8-9-16(18)13-6-2-1-4-12(13)10-14(11)15/h1-6,8-10,13,15H,7H2/b9-8-,12-10-. The van der Waals surface area contributed by atoms with E-state index in [-0.39, 0.29) is 17.1 Å². The number of carbonyl (C=O) groups excluding carboxylic acids is 1. The van der Waals surface area contributed by atoms with Gasteiger partial charge in [0.25, 0.3) is 0 Å². The number of hydrogen-bond acceptors (Lipinski definition) is 1. The summed E-state index contributed by atoms with van der Waals surface area (Å²) in [6, 6.07) is 0. The minimum atomic E-state index is -0.157. The quantitative estimate of drug-likeness (QED) is 0.605. The van der Waals surface area contributed by atoms with Crippen LogP contribution in [-0.2, 0) is 4.79 Å². The zero-order valence-corrected chi connectivity index (χ0v) is 10.6. The van der Waals surface area contributed by atoms with Crippen LogP contribution in [0, 0.1) is 5.92 Å². The summed E-state index contributed by atoms with van der Waals surface area (Å²) in [6.45, 7) is 0. The van der Waals surface area contributed by atoms with Crippen LogP contribution in [0.5, 0.6) is 0 Å². The highest BCUT2D eigenvalue weighted by Gasteiger charge is 2.23. The Bertz CT molecular complexity index is 570. The van der Waals surface area contributed by atoms with Crippen molar-refractivity contribution in [2.75, 3.05) is 0 Å². The van der Waals surface area contributed by atoms with Gasteiger partial charge in [-0.1, -0.05) is 48.6 Å². The van der Waals surface area contributed by atoms with Crippen molar-refractivity contribution in [2.24, 2.45) is 5.92 Å². The molecule has 0 aliphatic heterocycles. The van der Waals surface area contributed by atoms with E-state index >= 15 is 0 Å². The third-order valence-electron chi connectivity index (χ3n) is 3.43. The lowest BCUT2D eigenvalue weighted by atomic mass is 9.84. The Kier molecular flexibility index (Phi) is 2.92. The van der Waals surface area contributed by atoms with Crippen molar-refractivity contribution in [1.29, 1.82) is 0 Å². The summed E-state index contributed by atoms with van der Waals surface area (Å²) in [5.41, 5.74) is 3.19. The molecule has 0 aromatic rings. The van der Waals surface area contributed by atoms with Gasteiger partial charge in [-0.25, -0.2) is 0 Å². The molecule has 3 rings (SSSR count). The summed E-state index contributed by atoms with van der Waals surface area (Å²) < 4.78 is 0. The van der Waals surface area contributed by atoms with Gasteiger partial charge in [0.15, 0.2) is 5.78 Å². The molecule has 2 atom stereocenters. The van der Waals surface area contributed by atoms with Crippen LogP contribution < -0.4 is 0 Å². The van der Waals surface area contributed by atoms with Gasteiger partial charge in [0.1, 0.15) is 0 Å². The molecule has 0 aromatic carbocycles. The fourth-order valence-electron chi connectivity index (χ4n) is 2.45. The molecule has 90 valence electrons. The first-order valence-corrected chi connectivity index (χ1v) is 6.52. The van der Waals surface area contributed by atoms with Crippen molar-refractivity contribution in [2.45, 2.75) is 11.8 Å². The number of hydrogen-bond donors (Lipinski definition) is 0. The lowest BCUT2D eigenvalue weighted by molar-refractivity contribution is -0.116. The van der Waals surface area contributed by atoms with Crippen LogP contribution in [0.25, 0.3) is 0 Å². The fraction of sp³-hybridized carbons (Fsp3) is 0.188. The molecule has 0 spiro atoms. The second kappa shape index (κ2) is 4.58. The molecule has 2 heteroatoms. The smallest absolute Gasteiger partial charge is 0.166 e. The molecule has 0 saturated carbocycles. The van der Waals surface area contributed by atoms with Crippen LogP contribution in [0.15, 0.2) is 71.4 Å². The molecule has 0 aromatic heterocycles. The molecule has 3 aliphatic carbocycles. The molecule has 0 N–H and O–H groups in total. The number of ketones is 1. The Morgan fingerprint density at radius 2 is 2.00 bits per heavy atom. The number of alkyl halides is 1. The molecular formula is C16H13ClO. The number of halogens is 1. The van der Waals surface area contributed by atoms with Crippen molar-refractivity contribution in [1.82, 2.24) is 0 Å². The van der Waals surface area contributed by atoms with Crippen LogP contribution in [0.1, 0.15) is 6.42 Å². The Labute approximate surface area is 112 Å². The van der Waals surface area contributed by atoms with Crippen molar-refractivity contribution < 1.29 is 4.79 Å². The molecule has 2 unspecified atom stereocenters. The van der Waals surface area contributed by atoms with E-state index in [0.29, 0.717) is 0 Å². The first kappa shape index (κ1) is 11.5. The van der Waals surface area contributed by atoms with Gasteiger partial charge >= 0.3 is 0 Å². The van der Waals surface area contributed by atoms with E-state index in [9.17, 15) is 4.79 Å². The third kappa shape index (κ3) is 1.95. The maximum atomic E-state index is 12.1. The predicted molar refractivity (Wildman–Crippen MR) is 74.4 cm³/mol. The summed E-state index contributed by atoms with van der Waals surface area (Å²) in [5, 5.41) is -0.00434. The Morgan fingerprint density at radius 3 is 2.89 bits per heavy atom. The maximum Gasteiger partial charge on any atom is 0.166 e. The third-order valence-corrected chi connectivity index (χ3v) is 3.84. The largest absolute Gasteiger partial charge is 0.294 e. The molecule has 0 radical (unpaired) electrons. The summed E-state index contributed by atoms with van der Waals surface area (Å²) in [6.07, 6.45) is 18.4. The average molecular weight is 257 g/mol. The van der Waals surface area contributed by atoms with Gasteiger partial charge in [-0.2, -0.15) is 0 Å². The van der Waals surface area contributed by atoms with Crippen molar-refractivity contribution >= 4 is 17.4 Å². The number of fused-ring (bicyclic) bond motifs is 1. The van der Waals surface area contributed by atoms with E-state index in [1.165, 1.54) is 0 Å². The van der Waals surface area contributed by atoms with Crippen LogP contribution >= 0.6 is 11.6 Å². The van der Waals surface area contributed by atoms with Crippen LogP contribution in [0.3, 0.4) is 0 Å². The zero-order valence-electron chi connectivity index (χ0n) is 9.84. The first-order valence-electron chi connectivity index (χ1n) is 6.09. The summed E-state index contributed by atoms with van der Waals surface area (Å²) in [7, 11) is 0. The van der Waals surface area contributed by atoms with Gasteiger partial charge in [-0.3, -0.25) is 4.79 Å². The van der Waals surface area contributed by atoms with Gasteiger partial charge in [-0.15, -0.1) is 11.6 Å². The van der Waals surface area contributed by atoms with Gasteiger partial charge in [0, 0.05) is 0 Å². The molecule has 0 fully saturated rings. The van der Waals surface area contributed by atoms with E-state index in [2.05, 4.69) is 12.2 Å². The van der Waals surface area contributed by atoms with E-state index in [0.717, 1.165) is 23.1 Å². The van der Waals surface area contributed by atoms with E-state index in [1.54, 1.807) is 6.08 Å². The number of rotatable bonds is 0. The second-order valence-corrected chi connectivity index (χ2v) is 5.14. The highest BCUT2D eigenvalue weighted by molar-refractivity contribution is 6.23. The molecule has 3 aliphatic rings. The van der Waals surface area contributed by atoms with E-state index < -0.39 is 0 Å². The monoisotopic (exact) mass is 256 g/mol. The summed E-state index contributed by atoms with van der Waals surface area (Å²) in [4.78, 5) is 12.1. The van der Waals surface area contributed by atoms with Crippen LogP contribution in [-0.4, -0.2) is 11.2 Å². The first-order chi connectivity index (χ1) is 8.75. The Hall–Kier alpha value is -1.60. The molecule has 0 amide bonds. The van der Waals surface area contributed by atoms with E-state index in [4.69, 9.17) is 11.6 Å². The number of carbonyl (C=O) groups is 1. The normalized spacial score (nSPS) is 34.3. The summed E-state index contributed by atoms with van der Waals surface area (Å²) in [5.74, 6) is -0.0337. The molecule has 0 heterocycles. The van der Waals surface area contributed by atoms with Crippen LogP contribution in [0.4, 0.5) is 0 Å². The fourth-order valence-corrected chi connectivity index (χ4v) is 2.74. The molecule has 18 heavy (non-hydrogen) atoms. The number of allylic oxidation sites excluding steroid dienone is 12. The second-order valence-electron chi connectivity index (χ2n) is 4.62. The highest BCUT2D eigenvalue weighted by atomic mass is 35.5. The van der Waals surface area contributed by atoms with E-state index in [1.807, 2.05) is 36.5 Å². The zero-order chi connectivity index (χ0) is 12.5. The maximum absolute atomic E-state index is 12.1. The molecule has 0 saturated heterocycles. The highest BCUT2D eigenvalue weighted by Crippen LogP contribution is 2.32. The van der Waals surface area contributed by atoms with Crippen molar-refractivity contribution in [3.05, 3.63) is 71.4 Å². The molecular weight excluding hydrogens is 244 g/mol. The van der Waals surface area contributed by atoms with Gasteiger partial charge in [0.2, 0.25) is 0 Å². The minimum Gasteiger partial charge on any atom is -0.294 e. The Balaban J connectivity index is 2.15. The predicted octanol–water partition coefficient (Wildman–Crippen LogP) is 3.66. The molecule has 0 bridgehead atoms. The lowest BCUT2D eigenvalue weighted by Gasteiger charge is -2.22. The van der Waals surface area contributed by atoms with Gasteiger partial charge < -0.3 is 0 Å². The topological polar surface area (TPSA) is 17.1 Å². The lowest BCUT2D eigenvalue weighted by Crippen LogP contribution is -2.17. The summed E-state index contributed by atoms with van der Waals surface area (Å²) >= 11 is 6.37. The van der Waals surface area contributed by atoms with Gasteiger partial charge in [-0.05, 0) is 29.2 Å². The Morgan fingerprint density at radius 1 is 1.11 bits per heavy atom. The van der Waals surface area contributed by atoms with Gasteiger partial charge in [0.05, 0.1) is 11.3 Å². The minimum absolute atomic E-state index is 0.00434. The molecule has 1 nitrogen and oxygen atoms in total. The SMILES string of the molecule is O=C1/C=C\C2=C(/C=C3/C=CC=CC13)C(Cl)CC=C2.